The van der Waals surface area contributed by atoms with Crippen molar-refractivity contribution in [1.82, 2.24) is 15.1 Å². The molecule has 0 bridgehead atoms. The quantitative estimate of drug-likeness (QED) is 0.373. The number of cyclic esters (lactones) is 1. The maximum absolute atomic E-state index is 14.9. The zero-order valence-electron chi connectivity index (χ0n) is 28.0. The van der Waals surface area contributed by atoms with Gasteiger partial charge in [0.15, 0.2) is 0 Å². The number of ether oxygens (including phenoxy) is 2. The minimum Gasteiger partial charge on any atom is -0.455 e. The Labute approximate surface area is 281 Å². The average Bonchev–Trinajstić information content (AvgIpc) is 3.44. The molecular weight excluding hydrogens is 610 g/mol. The molecule has 2 aromatic carbocycles. The molecular formula is C38H45N3O7. The molecule has 3 amide bonds. The monoisotopic (exact) mass is 655 g/mol. The maximum atomic E-state index is 14.9. The van der Waals surface area contributed by atoms with Crippen molar-refractivity contribution in [2.75, 3.05) is 13.2 Å². The van der Waals surface area contributed by atoms with Crippen molar-refractivity contribution in [3.63, 3.8) is 0 Å². The van der Waals surface area contributed by atoms with Crippen LogP contribution in [0.25, 0.3) is 0 Å². The van der Waals surface area contributed by atoms with Crippen molar-refractivity contribution < 1.29 is 33.8 Å². The summed E-state index contributed by atoms with van der Waals surface area (Å²) >= 11 is 0. The minimum atomic E-state index is -1.50. The van der Waals surface area contributed by atoms with E-state index in [1.165, 1.54) is 4.90 Å². The highest BCUT2D eigenvalue weighted by molar-refractivity contribution is 5.99. The topological polar surface area (TPSA) is 125 Å². The van der Waals surface area contributed by atoms with Crippen LogP contribution in [0.4, 0.5) is 0 Å². The number of esters is 1. The van der Waals surface area contributed by atoms with E-state index in [-0.39, 0.29) is 24.8 Å². The van der Waals surface area contributed by atoms with Crippen LogP contribution in [0.5, 0.6) is 0 Å². The Morgan fingerprint density at radius 1 is 0.979 bits per heavy atom. The Hall–Kier alpha value is -4.28. The molecule has 4 aliphatic heterocycles. The Bertz CT molecular complexity index is 1590. The highest BCUT2D eigenvalue weighted by Gasteiger charge is 2.73. The smallest absolute Gasteiger partial charge is 0.313 e. The number of allylic oxidation sites excluding steroid dienone is 1. The van der Waals surface area contributed by atoms with E-state index in [0.717, 1.165) is 5.56 Å². The second-order valence-corrected chi connectivity index (χ2v) is 14.2. The molecule has 0 aromatic heterocycles. The number of carbonyl (C=O) groups is 4. The Balaban J connectivity index is 1.47. The summed E-state index contributed by atoms with van der Waals surface area (Å²) in [6.07, 6.45) is 6.33. The maximum Gasteiger partial charge on any atom is 0.313 e. The molecule has 2 N–H and O–H groups in total. The standard InChI is InChI=1S/C38H45N3O7/c1-24-32(26-16-9-6-10-17-26)47-36(46)30-28(18-11-12-19-29(43)39-24)48-38-20-13-21-40(37(2,3)4)35(45)33(38)41(34(44)31(30)38)27(23-42)22-25-14-7-5-8-15-25/h5-11,13-18,20,24,27-28,30-33,42H,12,19,21-23H2,1-4H3,(H,39,43)/b18-11-/t24-,27-,28-,30+,31+,32+,33-,38+/m1/s1. The number of benzene rings is 2. The van der Waals surface area contributed by atoms with Crippen LogP contribution in [0.3, 0.4) is 0 Å². The second-order valence-electron chi connectivity index (χ2n) is 14.2. The fourth-order valence-electron chi connectivity index (χ4n) is 7.78. The van der Waals surface area contributed by atoms with Gasteiger partial charge in [0.1, 0.15) is 23.7 Å². The van der Waals surface area contributed by atoms with Crippen LogP contribution in [0.15, 0.2) is 85.0 Å². The predicted octanol–water partition coefficient (Wildman–Crippen LogP) is 3.51. The number of likely N-dealkylation sites (tertiary alicyclic amines) is 1. The molecule has 10 nitrogen and oxygen atoms in total. The van der Waals surface area contributed by atoms with Crippen molar-refractivity contribution in [3.8, 4) is 0 Å². The fraction of sp³-hybridized carbons (Fsp3) is 0.474. The summed E-state index contributed by atoms with van der Waals surface area (Å²) in [6.45, 7) is 7.50. The van der Waals surface area contributed by atoms with Crippen molar-refractivity contribution in [2.45, 2.75) is 88.4 Å². The molecule has 4 heterocycles. The molecule has 2 aromatic rings. The molecule has 0 saturated carbocycles. The first-order chi connectivity index (χ1) is 23.0. The molecule has 0 aliphatic carbocycles. The van der Waals surface area contributed by atoms with Crippen LogP contribution in [0.1, 0.15) is 57.8 Å². The molecule has 0 unspecified atom stereocenters. The Kier molecular flexibility index (Phi) is 9.33. The van der Waals surface area contributed by atoms with Gasteiger partial charge in [-0.25, -0.2) is 0 Å². The molecule has 1 spiro atoms. The van der Waals surface area contributed by atoms with Crippen LogP contribution in [-0.2, 0) is 35.1 Å². The van der Waals surface area contributed by atoms with Gasteiger partial charge in [-0.05, 0) is 51.7 Å². The molecule has 0 radical (unpaired) electrons. The summed E-state index contributed by atoms with van der Waals surface area (Å²) in [5.41, 5.74) is -0.493. The normalized spacial score (nSPS) is 32.2. The molecule has 10 heteroatoms. The summed E-state index contributed by atoms with van der Waals surface area (Å²) in [5.74, 6) is -3.77. The number of hydrogen-bond donors (Lipinski definition) is 2. The van der Waals surface area contributed by atoms with Gasteiger partial charge in [-0.15, -0.1) is 0 Å². The fourth-order valence-corrected chi connectivity index (χ4v) is 7.78. The van der Waals surface area contributed by atoms with E-state index in [0.29, 0.717) is 18.4 Å². The van der Waals surface area contributed by atoms with E-state index < -0.39 is 71.8 Å². The van der Waals surface area contributed by atoms with Gasteiger partial charge in [0, 0.05) is 18.5 Å². The first kappa shape index (κ1) is 33.6. The highest BCUT2D eigenvalue weighted by Crippen LogP contribution is 2.54. The molecule has 48 heavy (non-hydrogen) atoms. The van der Waals surface area contributed by atoms with E-state index in [4.69, 9.17) is 9.47 Å². The largest absolute Gasteiger partial charge is 0.455 e. The third-order valence-corrected chi connectivity index (χ3v) is 10.0. The van der Waals surface area contributed by atoms with Crippen molar-refractivity contribution in [2.24, 2.45) is 11.8 Å². The number of hydrogen-bond acceptors (Lipinski definition) is 7. The predicted molar refractivity (Wildman–Crippen MR) is 178 cm³/mol. The van der Waals surface area contributed by atoms with Gasteiger partial charge in [0.2, 0.25) is 17.7 Å². The van der Waals surface area contributed by atoms with Gasteiger partial charge in [-0.3, -0.25) is 19.2 Å². The summed E-state index contributed by atoms with van der Waals surface area (Å²) < 4.78 is 13.1. The lowest BCUT2D eigenvalue weighted by Crippen LogP contribution is -2.61. The molecule has 4 aliphatic rings. The molecule has 6 rings (SSSR count). The third-order valence-electron chi connectivity index (χ3n) is 10.0. The lowest BCUT2D eigenvalue weighted by atomic mass is 9.77. The average molecular weight is 656 g/mol. The number of aliphatic hydroxyl groups excluding tert-OH is 1. The van der Waals surface area contributed by atoms with Gasteiger partial charge in [-0.1, -0.05) is 85.0 Å². The molecule has 8 atom stereocenters. The van der Waals surface area contributed by atoms with Gasteiger partial charge < -0.3 is 29.7 Å². The van der Waals surface area contributed by atoms with Gasteiger partial charge >= 0.3 is 5.97 Å². The second kappa shape index (κ2) is 13.3. The van der Waals surface area contributed by atoms with E-state index in [9.17, 15) is 24.3 Å². The lowest BCUT2D eigenvalue weighted by molar-refractivity contribution is -0.162. The summed E-state index contributed by atoms with van der Waals surface area (Å²) in [4.78, 5) is 60.2. The summed E-state index contributed by atoms with van der Waals surface area (Å²) in [7, 11) is 0. The van der Waals surface area contributed by atoms with Crippen molar-refractivity contribution >= 4 is 23.7 Å². The molecule has 2 saturated heterocycles. The number of amides is 3. The lowest BCUT2D eigenvalue weighted by Gasteiger charge is -2.42. The van der Waals surface area contributed by atoms with Crippen molar-refractivity contribution in [1.29, 1.82) is 0 Å². The molecule has 2 fully saturated rings. The third kappa shape index (κ3) is 6.07. The summed E-state index contributed by atoms with van der Waals surface area (Å²) in [6, 6.07) is 16.2. The number of nitrogens with one attached hydrogen (secondary N) is 1. The first-order valence-corrected chi connectivity index (χ1v) is 16.8. The SMILES string of the molecule is C[C@H]1NC(=O)CC/C=C\[C@H]2O[C@]34C=CCN(C(C)(C)C)C(=O)[C@H]3N([C@@H](CO)Cc3ccccc3)C(=O)[C@@H]4[C@H]2C(=O)O[C@@H]1c1ccccc1. The Morgan fingerprint density at radius 3 is 2.33 bits per heavy atom. The van der Waals surface area contributed by atoms with Gasteiger partial charge in [-0.2, -0.15) is 0 Å². The number of rotatable bonds is 5. The number of carbonyl (C=O) groups excluding carboxylic acids is 4. The highest BCUT2D eigenvalue weighted by atomic mass is 16.6. The zero-order chi connectivity index (χ0) is 34.2. The number of fused-ring (bicyclic) bond motifs is 2. The van der Waals surface area contributed by atoms with Crippen LogP contribution >= 0.6 is 0 Å². The number of aliphatic hydroxyl groups is 1. The zero-order valence-corrected chi connectivity index (χ0v) is 28.0. The Morgan fingerprint density at radius 2 is 1.67 bits per heavy atom. The van der Waals surface area contributed by atoms with Gasteiger partial charge in [0.25, 0.3) is 0 Å². The van der Waals surface area contributed by atoms with Crippen LogP contribution in [-0.4, -0.2) is 87.1 Å². The first-order valence-electron chi connectivity index (χ1n) is 16.8. The summed E-state index contributed by atoms with van der Waals surface area (Å²) in [5, 5.41) is 13.8. The van der Waals surface area contributed by atoms with E-state index in [1.807, 2.05) is 87.5 Å². The van der Waals surface area contributed by atoms with E-state index in [1.54, 1.807) is 30.1 Å². The van der Waals surface area contributed by atoms with Crippen molar-refractivity contribution in [3.05, 3.63) is 96.1 Å². The van der Waals surface area contributed by atoms with Crippen LogP contribution < -0.4 is 5.32 Å². The minimum absolute atomic E-state index is 0.178. The van der Waals surface area contributed by atoms with E-state index in [2.05, 4.69) is 5.32 Å². The molecule has 254 valence electrons. The number of nitrogens with zero attached hydrogens (tertiary/aromatic N) is 2. The van der Waals surface area contributed by atoms with Crippen LogP contribution in [0.2, 0.25) is 0 Å². The van der Waals surface area contributed by atoms with Gasteiger partial charge in [0.05, 0.1) is 30.7 Å². The van der Waals surface area contributed by atoms with Crippen LogP contribution in [0, 0.1) is 11.8 Å². The van der Waals surface area contributed by atoms with E-state index >= 15 is 0 Å².